The van der Waals surface area contributed by atoms with Crippen molar-refractivity contribution in [2.24, 2.45) is 0 Å². The number of hydrogen-bond donors (Lipinski definition) is 1. The molecule has 0 aromatic rings. The van der Waals surface area contributed by atoms with E-state index in [4.69, 9.17) is 0 Å². The highest BCUT2D eigenvalue weighted by molar-refractivity contribution is 4.78. The smallest absolute Gasteiger partial charge is 0.0632 e. The first kappa shape index (κ1) is 15.0. The summed E-state index contributed by atoms with van der Waals surface area (Å²) in [4.78, 5) is 2.54. The molecule has 1 fully saturated rings. The van der Waals surface area contributed by atoms with Gasteiger partial charge in [-0.1, -0.05) is 39.0 Å². The maximum Gasteiger partial charge on any atom is 0.0632 e. The van der Waals surface area contributed by atoms with Gasteiger partial charge in [-0.3, -0.25) is 0 Å². The molecule has 17 heavy (non-hydrogen) atoms. The molecule has 0 aliphatic carbocycles. The van der Waals surface area contributed by atoms with Crippen molar-refractivity contribution in [2.45, 2.75) is 77.2 Å². The van der Waals surface area contributed by atoms with Gasteiger partial charge in [0.15, 0.2) is 0 Å². The molecule has 1 heterocycles. The highest BCUT2D eigenvalue weighted by atomic mass is 16.3. The Morgan fingerprint density at radius 3 is 2.47 bits per heavy atom. The quantitative estimate of drug-likeness (QED) is 0.689. The molecule has 0 bridgehead atoms. The van der Waals surface area contributed by atoms with Gasteiger partial charge in [-0.15, -0.1) is 0 Å². The lowest BCUT2D eigenvalue weighted by molar-refractivity contribution is 0.0446. The van der Waals surface area contributed by atoms with Gasteiger partial charge in [0.2, 0.25) is 0 Å². The molecule has 1 atom stereocenters. The molecule has 0 saturated carbocycles. The summed E-state index contributed by atoms with van der Waals surface area (Å²) in [5.74, 6) is 0. The van der Waals surface area contributed by atoms with Crippen LogP contribution in [0.25, 0.3) is 0 Å². The van der Waals surface area contributed by atoms with Crippen LogP contribution in [0.4, 0.5) is 0 Å². The molecule has 0 spiro atoms. The van der Waals surface area contributed by atoms with Crippen molar-refractivity contribution < 1.29 is 5.11 Å². The average molecular weight is 241 g/mol. The van der Waals surface area contributed by atoms with E-state index in [0.29, 0.717) is 0 Å². The fourth-order valence-corrected chi connectivity index (χ4v) is 2.66. The Morgan fingerprint density at radius 2 is 1.71 bits per heavy atom. The highest BCUT2D eigenvalue weighted by Gasteiger charge is 2.24. The van der Waals surface area contributed by atoms with E-state index in [1.165, 1.54) is 51.6 Å². The zero-order valence-electron chi connectivity index (χ0n) is 11.9. The van der Waals surface area contributed by atoms with Crippen LogP contribution in [0.5, 0.6) is 0 Å². The number of aliphatic hydroxyl groups is 1. The third kappa shape index (κ3) is 7.05. The van der Waals surface area contributed by atoms with E-state index in [2.05, 4.69) is 11.8 Å². The lowest BCUT2D eigenvalue weighted by Gasteiger charge is -2.22. The van der Waals surface area contributed by atoms with E-state index < -0.39 is 5.60 Å². The molecule has 0 amide bonds. The molecular weight excluding hydrogens is 210 g/mol. The summed E-state index contributed by atoms with van der Waals surface area (Å²) < 4.78 is 0. The molecule has 1 aliphatic heterocycles. The standard InChI is InChI=1S/C15H31NO/c1-3-4-5-6-7-8-12-16-13-9-10-15(2,17)11-14-16/h17H,3-14H2,1-2H3. The van der Waals surface area contributed by atoms with Crippen LogP contribution >= 0.6 is 0 Å². The summed E-state index contributed by atoms with van der Waals surface area (Å²) in [5.41, 5.74) is -0.407. The molecule has 2 heteroatoms. The fraction of sp³-hybridized carbons (Fsp3) is 1.00. The predicted octanol–water partition coefficient (Wildman–Crippen LogP) is 3.58. The van der Waals surface area contributed by atoms with Crippen LogP contribution in [0.1, 0.15) is 71.6 Å². The molecule has 1 aliphatic rings. The number of unbranched alkanes of at least 4 members (excludes halogenated alkanes) is 5. The van der Waals surface area contributed by atoms with Gasteiger partial charge in [0.05, 0.1) is 5.60 Å². The van der Waals surface area contributed by atoms with Crippen LogP contribution in [0.15, 0.2) is 0 Å². The SMILES string of the molecule is CCCCCCCCN1CCCC(C)(O)CC1. The largest absolute Gasteiger partial charge is 0.390 e. The Hall–Kier alpha value is -0.0800. The zero-order chi connectivity index (χ0) is 12.6. The van der Waals surface area contributed by atoms with Gasteiger partial charge < -0.3 is 10.0 Å². The second-order valence-corrected chi connectivity index (χ2v) is 5.96. The summed E-state index contributed by atoms with van der Waals surface area (Å²) in [6.45, 7) is 7.76. The normalized spacial score (nSPS) is 27.0. The lowest BCUT2D eigenvalue weighted by Crippen LogP contribution is -2.29. The van der Waals surface area contributed by atoms with Crippen LogP contribution < -0.4 is 0 Å². The van der Waals surface area contributed by atoms with E-state index in [0.717, 1.165) is 25.8 Å². The molecule has 0 aromatic carbocycles. The Kier molecular flexibility index (Phi) is 7.14. The van der Waals surface area contributed by atoms with Gasteiger partial charge in [-0.05, 0) is 45.7 Å². The number of likely N-dealkylation sites (tertiary alicyclic amines) is 1. The van der Waals surface area contributed by atoms with E-state index in [-0.39, 0.29) is 0 Å². The van der Waals surface area contributed by atoms with Crippen molar-refractivity contribution in [3.05, 3.63) is 0 Å². The van der Waals surface area contributed by atoms with Crippen molar-refractivity contribution in [2.75, 3.05) is 19.6 Å². The molecule has 1 rings (SSSR count). The maximum atomic E-state index is 10.0. The minimum atomic E-state index is -0.407. The minimum Gasteiger partial charge on any atom is -0.390 e. The van der Waals surface area contributed by atoms with Crippen molar-refractivity contribution >= 4 is 0 Å². The van der Waals surface area contributed by atoms with Crippen molar-refractivity contribution in [1.82, 2.24) is 4.90 Å². The summed E-state index contributed by atoms with van der Waals surface area (Å²) in [6.07, 6.45) is 11.3. The number of hydrogen-bond acceptors (Lipinski definition) is 2. The zero-order valence-corrected chi connectivity index (χ0v) is 11.9. The molecule has 0 aromatic heterocycles. The van der Waals surface area contributed by atoms with Crippen LogP contribution in [0, 0.1) is 0 Å². The molecule has 0 radical (unpaired) electrons. The summed E-state index contributed by atoms with van der Waals surface area (Å²) >= 11 is 0. The molecule has 2 nitrogen and oxygen atoms in total. The third-order valence-corrected chi connectivity index (χ3v) is 3.98. The fourth-order valence-electron chi connectivity index (χ4n) is 2.66. The Bertz CT molecular complexity index is 191. The topological polar surface area (TPSA) is 23.5 Å². The van der Waals surface area contributed by atoms with E-state index >= 15 is 0 Å². The summed E-state index contributed by atoms with van der Waals surface area (Å²) in [5, 5.41) is 10.0. The van der Waals surface area contributed by atoms with Crippen LogP contribution in [-0.4, -0.2) is 35.2 Å². The summed E-state index contributed by atoms with van der Waals surface area (Å²) in [7, 11) is 0. The lowest BCUT2D eigenvalue weighted by atomic mass is 9.98. The van der Waals surface area contributed by atoms with E-state index in [1.54, 1.807) is 0 Å². The van der Waals surface area contributed by atoms with E-state index in [1.807, 2.05) is 6.92 Å². The van der Waals surface area contributed by atoms with Gasteiger partial charge in [0.25, 0.3) is 0 Å². The van der Waals surface area contributed by atoms with Gasteiger partial charge in [-0.25, -0.2) is 0 Å². The predicted molar refractivity (Wildman–Crippen MR) is 74.3 cm³/mol. The molecule has 1 saturated heterocycles. The first-order valence-corrected chi connectivity index (χ1v) is 7.59. The summed E-state index contributed by atoms with van der Waals surface area (Å²) in [6, 6.07) is 0. The molecule has 1 unspecified atom stereocenters. The number of rotatable bonds is 7. The van der Waals surface area contributed by atoms with Crippen molar-refractivity contribution in [3.63, 3.8) is 0 Å². The number of nitrogens with zero attached hydrogens (tertiary/aromatic N) is 1. The average Bonchev–Trinajstić information content (AvgIpc) is 2.45. The third-order valence-electron chi connectivity index (χ3n) is 3.98. The second-order valence-electron chi connectivity index (χ2n) is 5.96. The van der Waals surface area contributed by atoms with Crippen molar-refractivity contribution in [3.8, 4) is 0 Å². The Balaban J connectivity index is 2.03. The van der Waals surface area contributed by atoms with Crippen LogP contribution in [0.3, 0.4) is 0 Å². The Morgan fingerprint density at radius 1 is 1.00 bits per heavy atom. The minimum absolute atomic E-state index is 0.407. The van der Waals surface area contributed by atoms with Gasteiger partial charge >= 0.3 is 0 Å². The van der Waals surface area contributed by atoms with Gasteiger partial charge in [0, 0.05) is 6.54 Å². The van der Waals surface area contributed by atoms with Crippen molar-refractivity contribution in [1.29, 1.82) is 0 Å². The monoisotopic (exact) mass is 241 g/mol. The first-order chi connectivity index (χ1) is 8.14. The Labute approximate surface area is 107 Å². The molecular formula is C15H31NO. The maximum absolute atomic E-state index is 10.0. The van der Waals surface area contributed by atoms with Crippen LogP contribution in [0.2, 0.25) is 0 Å². The van der Waals surface area contributed by atoms with Gasteiger partial charge in [-0.2, -0.15) is 0 Å². The highest BCUT2D eigenvalue weighted by Crippen LogP contribution is 2.21. The molecule has 1 N–H and O–H groups in total. The molecule has 102 valence electrons. The van der Waals surface area contributed by atoms with Gasteiger partial charge in [0.1, 0.15) is 0 Å². The first-order valence-electron chi connectivity index (χ1n) is 7.59. The second kappa shape index (κ2) is 8.10. The van der Waals surface area contributed by atoms with Crippen LogP contribution in [-0.2, 0) is 0 Å². The van der Waals surface area contributed by atoms with E-state index in [9.17, 15) is 5.11 Å².